The molecule has 2 rings (SSSR count). The molecule has 1 atom stereocenters. The van der Waals surface area contributed by atoms with Gasteiger partial charge in [-0.25, -0.2) is 8.42 Å². The van der Waals surface area contributed by atoms with Crippen LogP contribution in [0.25, 0.3) is 0 Å². The van der Waals surface area contributed by atoms with E-state index in [0.717, 1.165) is 12.8 Å². The molecule has 23 heavy (non-hydrogen) atoms. The zero-order valence-corrected chi connectivity index (χ0v) is 15.1. The Labute approximate surface area is 139 Å². The summed E-state index contributed by atoms with van der Waals surface area (Å²) in [6.45, 7) is 7.11. The molecule has 0 bridgehead atoms. The van der Waals surface area contributed by atoms with Crippen molar-refractivity contribution < 1.29 is 13.2 Å². The molecule has 1 aromatic rings. The third-order valence-corrected chi connectivity index (χ3v) is 6.31. The predicted molar refractivity (Wildman–Crippen MR) is 93.1 cm³/mol. The van der Waals surface area contributed by atoms with Crippen molar-refractivity contribution in [2.24, 2.45) is 5.92 Å². The normalized spacial score (nSPS) is 22.3. The number of carbonyl (C=O) groups excluding carboxylic acids is 1. The summed E-state index contributed by atoms with van der Waals surface area (Å²) in [5.74, 6) is -0.505. The second-order valence-corrected chi connectivity index (χ2v) is 9.40. The molecule has 1 saturated heterocycles. The average Bonchev–Trinajstić information content (AvgIpc) is 2.46. The van der Waals surface area contributed by atoms with Crippen LogP contribution in [0.3, 0.4) is 0 Å². The van der Waals surface area contributed by atoms with Crippen LogP contribution >= 0.6 is 0 Å². The lowest BCUT2D eigenvalue weighted by molar-refractivity contribution is -0.130. The second-order valence-electron chi connectivity index (χ2n) is 7.29. The second kappa shape index (κ2) is 7.04. The third kappa shape index (κ3) is 4.80. The summed E-state index contributed by atoms with van der Waals surface area (Å²) in [6.07, 6.45) is 1.92. The molecule has 4 nitrogen and oxygen atoms in total. The fraction of sp³-hybridized carbons (Fsp3) is 0.611. The van der Waals surface area contributed by atoms with Crippen molar-refractivity contribution in [3.63, 3.8) is 0 Å². The fourth-order valence-corrected chi connectivity index (χ4v) is 5.07. The van der Waals surface area contributed by atoms with Gasteiger partial charge in [0.15, 0.2) is 9.84 Å². The number of nitrogens with zero attached hydrogens (tertiary/aromatic N) is 1. The molecule has 1 fully saturated rings. The van der Waals surface area contributed by atoms with Crippen LogP contribution in [0.1, 0.15) is 39.2 Å². The molecule has 0 aliphatic carbocycles. The van der Waals surface area contributed by atoms with Gasteiger partial charge in [-0.1, -0.05) is 51.1 Å². The summed E-state index contributed by atoms with van der Waals surface area (Å²) >= 11 is 0. The van der Waals surface area contributed by atoms with Gasteiger partial charge in [0, 0.05) is 18.5 Å². The summed E-state index contributed by atoms with van der Waals surface area (Å²) in [4.78, 5) is 14.2. The highest BCUT2D eigenvalue weighted by atomic mass is 32.2. The van der Waals surface area contributed by atoms with Crippen LogP contribution in [0.2, 0.25) is 0 Å². The van der Waals surface area contributed by atoms with Gasteiger partial charge in [0.25, 0.3) is 0 Å². The van der Waals surface area contributed by atoms with Gasteiger partial charge in [-0.05, 0) is 24.3 Å². The van der Waals surface area contributed by atoms with Crippen molar-refractivity contribution in [2.75, 3.05) is 24.6 Å². The van der Waals surface area contributed by atoms with Crippen molar-refractivity contribution in [1.29, 1.82) is 0 Å². The van der Waals surface area contributed by atoms with E-state index in [4.69, 9.17) is 0 Å². The van der Waals surface area contributed by atoms with Crippen molar-refractivity contribution in [3.8, 4) is 0 Å². The summed E-state index contributed by atoms with van der Waals surface area (Å²) in [5, 5.41) is 0. The number of benzene rings is 1. The van der Waals surface area contributed by atoms with Gasteiger partial charge in [0.1, 0.15) is 5.75 Å². The smallest absolute Gasteiger partial charge is 0.237 e. The first kappa shape index (κ1) is 18.0. The molecule has 0 N–H and O–H groups in total. The van der Waals surface area contributed by atoms with Crippen LogP contribution in [0, 0.1) is 5.92 Å². The lowest BCUT2D eigenvalue weighted by Gasteiger charge is -2.41. The van der Waals surface area contributed by atoms with Crippen LogP contribution in [0.4, 0.5) is 0 Å². The molecular formula is C18H27NO3S. The van der Waals surface area contributed by atoms with Gasteiger partial charge < -0.3 is 4.90 Å². The number of sulfone groups is 1. The minimum atomic E-state index is -3.32. The molecule has 0 saturated carbocycles. The highest BCUT2D eigenvalue weighted by Crippen LogP contribution is 2.33. The van der Waals surface area contributed by atoms with E-state index in [1.54, 1.807) is 4.90 Å². The lowest BCUT2D eigenvalue weighted by Crippen LogP contribution is -2.48. The van der Waals surface area contributed by atoms with E-state index in [0.29, 0.717) is 13.1 Å². The van der Waals surface area contributed by atoms with E-state index in [1.807, 2.05) is 32.0 Å². The molecule has 1 aliphatic rings. The summed E-state index contributed by atoms with van der Waals surface area (Å²) < 4.78 is 24.2. The van der Waals surface area contributed by atoms with Crippen molar-refractivity contribution in [3.05, 3.63) is 35.9 Å². The number of hydrogen-bond acceptors (Lipinski definition) is 3. The zero-order chi connectivity index (χ0) is 17.1. The molecular weight excluding hydrogens is 310 g/mol. The van der Waals surface area contributed by atoms with Crippen LogP contribution in [0.5, 0.6) is 0 Å². The molecule has 0 unspecified atom stereocenters. The largest absolute Gasteiger partial charge is 0.341 e. The van der Waals surface area contributed by atoms with Crippen LogP contribution < -0.4 is 0 Å². The van der Waals surface area contributed by atoms with E-state index in [9.17, 15) is 13.2 Å². The summed E-state index contributed by atoms with van der Waals surface area (Å²) in [7, 11) is -3.32. The first-order chi connectivity index (χ1) is 10.7. The maximum atomic E-state index is 12.5. The highest BCUT2D eigenvalue weighted by molar-refractivity contribution is 7.92. The minimum absolute atomic E-state index is 0.0451. The Morgan fingerprint density at radius 2 is 1.91 bits per heavy atom. The number of hydrogen-bond donors (Lipinski definition) is 0. The first-order valence-corrected chi connectivity index (χ1v) is 10.1. The van der Waals surface area contributed by atoms with Gasteiger partial charge in [0.2, 0.25) is 5.91 Å². The molecule has 1 aromatic carbocycles. The molecule has 1 amide bonds. The van der Waals surface area contributed by atoms with Gasteiger partial charge >= 0.3 is 0 Å². The van der Waals surface area contributed by atoms with Gasteiger partial charge in [-0.2, -0.15) is 0 Å². The summed E-state index contributed by atoms with van der Waals surface area (Å²) in [5.41, 5.74) is 1.11. The van der Waals surface area contributed by atoms with Crippen LogP contribution in [-0.2, 0) is 20.0 Å². The first-order valence-electron chi connectivity index (χ1n) is 8.26. The molecule has 1 aliphatic heterocycles. The van der Waals surface area contributed by atoms with E-state index < -0.39 is 9.84 Å². The quantitative estimate of drug-likeness (QED) is 0.830. The van der Waals surface area contributed by atoms with Gasteiger partial charge in [-0.3, -0.25) is 4.79 Å². The number of amides is 1. The lowest BCUT2D eigenvalue weighted by atomic mass is 9.76. The SMILES string of the molecule is CC(C)CS(=O)(=O)CC(=O)N1CCC[C@](C)(c2ccccc2)C1. The Balaban J connectivity index is 2.08. The molecule has 0 spiro atoms. The molecule has 128 valence electrons. The Morgan fingerprint density at radius 1 is 1.26 bits per heavy atom. The standard InChI is InChI=1S/C18H27NO3S/c1-15(2)12-23(21,22)13-17(20)19-11-7-10-18(3,14-19)16-8-5-4-6-9-16/h4-6,8-9,15H,7,10-14H2,1-3H3/t18-/m0/s1. The monoisotopic (exact) mass is 337 g/mol. The van der Waals surface area contributed by atoms with Crippen molar-refractivity contribution in [1.82, 2.24) is 4.90 Å². The zero-order valence-electron chi connectivity index (χ0n) is 14.3. The Kier molecular flexibility index (Phi) is 5.50. The maximum absolute atomic E-state index is 12.5. The summed E-state index contributed by atoms with van der Waals surface area (Å²) in [6, 6.07) is 10.2. The van der Waals surface area contributed by atoms with Gasteiger partial charge in [0.05, 0.1) is 5.75 Å². The maximum Gasteiger partial charge on any atom is 0.237 e. The third-order valence-electron chi connectivity index (χ3n) is 4.45. The molecule has 1 heterocycles. The Hall–Kier alpha value is -1.36. The minimum Gasteiger partial charge on any atom is -0.341 e. The van der Waals surface area contributed by atoms with E-state index in [1.165, 1.54) is 5.56 Å². The van der Waals surface area contributed by atoms with E-state index in [-0.39, 0.29) is 28.7 Å². The Morgan fingerprint density at radius 3 is 2.52 bits per heavy atom. The average molecular weight is 337 g/mol. The number of likely N-dealkylation sites (tertiary alicyclic amines) is 1. The fourth-order valence-electron chi connectivity index (χ4n) is 3.37. The van der Waals surface area contributed by atoms with Gasteiger partial charge in [-0.15, -0.1) is 0 Å². The highest BCUT2D eigenvalue weighted by Gasteiger charge is 2.35. The van der Waals surface area contributed by atoms with Crippen molar-refractivity contribution >= 4 is 15.7 Å². The van der Waals surface area contributed by atoms with Crippen molar-refractivity contribution in [2.45, 2.75) is 39.0 Å². The Bertz CT molecular complexity index is 639. The topological polar surface area (TPSA) is 54.5 Å². The number of rotatable bonds is 5. The van der Waals surface area contributed by atoms with E-state index >= 15 is 0 Å². The van der Waals surface area contributed by atoms with Crippen LogP contribution in [-0.4, -0.2) is 43.8 Å². The van der Waals surface area contributed by atoms with E-state index in [2.05, 4.69) is 19.1 Å². The molecule has 5 heteroatoms. The number of carbonyl (C=O) groups is 1. The molecule has 0 radical (unpaired) electrons. The predicted octanol–water partition coefficient (Wildman–Crippen LogP) is 2.64. The van der Waals surface area contributed by atoms with Crippen LogP contribution in [0.15, 0.2) is 30.3 Å². The molecule has 0 aromatic heterocycles. The number of piperidine rings is 1.